The Hall–Kier alpha value is -4.46. The highest BCUT2D eigenvalue weighted by molar-refractivity contribution is 6.02. The van der Waals surface area contributed by atoms with Crippen LogP contribution in [0.15, 0.2) is 24.2 Å². The van der Waals surface area contributed by atoms with Gasteiger partial charge in [0.1, 0.15) is 23.4 Å². The molecule has 0 bridgehead atoms. The van der Waals surface area contributed by atoms with Crippen LogP contribution in [-0.4, -0.2) is 79.1 Å². The highest BCUT2D eigenvalue weighted by atomic mass is 16.5. The Morgan fingerprint density at radius 3 is 2.92 bits per heavy atom. The number of rotatable bonds is 6. The standard InChI is InChI=1S/C27H29N7O5/c1-38-21-5-8-32(15-21)23-11-24(29-13-20(23)12-28)31-27(37)34-7-2-4-18-10-19(22(16-35)30-26(18)34)14-33-6-3-9-39-25(33)17-36/h10-11,13,16,21H,2-9,14-15H2,1H3,(H,29,31,37)/t21-/m1/s1. The summed E-state index contributed by atoms with van der Waals surface area (Å²) in [6.07, 6.45) is 5.21. The molecular formula is C27H29N7O5. The molecule has 2 fully saturated rings. The second-order valence-electron chi connectivity index (χ2n) is 9.64. The Morgan fingerprint density at radius 2 is 2.18 bits per heavy atom. The summed E-state index contributed by atoms with van der Waals surface area (Å²) < 4.78 is 10.8. The van der Waals surface area contributed by atoms with Gasteiger partial charge in [0.2, 0.25) is 0 Å². The molecule has 5 heterocycles. The quantitative estimate of drug-likeness (QED) is 0.436. The van der Waals surface area contributed by atoms with Gasteiger partial charge in [-0.25, -0.2) is 19.6 Å². The second-order valence-corrected chi connectivity index (χ2v) is 9.64. The lowest BCUT2D eigenvalue weighted by Gasteiger charge is -2.31. The zero-order valence-electron chi connectivity index (χ0n) is 21.7. The van der Waals surface area contributed by atoms with E-state index in [0.29, 0.717) is 73.8 Å². The minimum atomic E-state index is -0.428. The van der Waals surface area contributed by atoms with Crippen molar-refractivity contribution in [3.8, 4) is 6.07 Å². The van der Waals surface area contributed by atoms with E-state index in [9.17, 15) is 19.6 Å². The Morgan fingerprint density at radius 1 is 1.31 bits per heavy atom. The van der Waals surface area contributed by atoms with Crippen LogP contribution in [0.1, 0.15) is 46.4 Å². The van der Waals surface area contributed by atoms with Crippen molar-refractivity contribution < 1.29 is 23.9 Å². The Kier molecular flexibility index (Phi) is 7.72. The third kappa shape index (κ3) is 5.41. The predicted octanol–water partition coefficient (Wildman–Crippen LogP) is 2.27. The molecule has 2 saturated heterocycles. The summed E-state index contributed by atoms with van der Waals surface area (Å²) in [4.78, 5) is 50.8. The third-order valence-corrected chi connectivity index (χ3v) is 7.23. The molecule has 202 valence electrons. The zero-order chi connectivity index (χ0) is 27.4. The fourth-order valence-corrected chi connectivity index (χ4v) is 5.23. The fourth-order valence-electron chi connectivity index (χ4n) is 5.23. The largest absolute Gasteiger partial charge is 0.471 e. The number of aryl methyl sites for hydroxylation is 1. The topological polar surface area (TPSA) is 141 Å². The average Bonchev–Trinajstić information content (AvgIpc) is 3.46. The molecule has 12 heteroatoms. The molecular weight excluding hydrogens is 502 g/mol. The Bertz CT molecular complexity index is 1370. The molecule has 1 N–H and O–H groups in total. The number of nitriles is 1. The van der Waals surface area contributed by atoms with Crippen LogP contribution in [0.4, 0.5) is 22.1 Å². The number of nitrogens with one attached hydrogen (secondary N) is 1. The summed E-state index contributed by atoms with van der Waals surface area (Å²) in [6.45, 7) is 3.15. The predicted molar refractivity (Wildman–Crippen MR) is 141 cm³/mol. The lowest BCUT2D eigenvalue weighted by molar-refractivity contribution is 0.0640. The van der Waals surface area contributed by atoms with Crippen molar-refractivity contribution in [1.29, 1.82) is 5.26 Å². The van der Waals surface area contributed by atoms with Crippen LogP contribution in [0.25, 0.3) is 0 Å². The molecule has 2 amide bonds. The van der Waals surface area contributed by atoms with Crippen molar-refractivity contribution >= 4 is 35.6 Å². The molecule has 0 saturated carbocycles. The van der Waals surface area contributed by atoms with Crippen molar-refractivity contribution in [2.24, 2.45) is 0 Å². The summed E-state index contributed by atoms with van der Waals surface area (Å²) in [5.41, 5.74) is 2.80. The summed E-state index contributed by atoms with van der Waals surface area (Å²) in [5.74, 6) is 2.67. The fraction of sp³-hybridized carbons (Fsp3) is 0.444. The second kappa shape index (κ2) is 11.5. The molecule has 0 aromatic carbocycles. The SMILES string of the molecule is CO[C@@H]1CCN(c2cc(NC(=O)N3CCCc4cc(CN5CCCOC5=C=O)c(C=O)nc43)ncc2C#N)C1. The molecule has 0 spiro atoms. The maximum absolute atomic E-state index is 13.4. The lowest BCUT2D eigenvalue weighted by atomic mass is 10.0. The van der Waals surface area contributed by atoms with E-state index in [4.69, 9.17) is 9.47 Å². The number of pyridine rings is 2. The van der Waals surface area contributed by atoms with Crippen molar-refractivity contribution in [2.45, 2.75) is 38.3 Å². The molecule has 2 aromatic rings. The molecule has 3 aliphatic heterocycles. The Balaban J connectivity index is 1.37. The van der Waals surface area contributed by atoms with Gasteiger partial charge < -0.3 is 19.3 Å². The van der Waals surface area contributed by atoms with Gasteiger partial charge in [-0.05, 0) is 37.3 Å². The number of methoxy groups -OCH3 is 1. The molecule has 0 unspecified atom stereocenters. The molecule has 2 aromatic heterocycles. The maximum atomic E-state index is 13.4. The van der Waals surface area contributed by atoms with Crippen molar-refractivity contribution in [2.75, 3.05) is 55.0 Å². The first-order valence-corrected chi connectivity index (χ1v) is 12.9. The van der Waals surface area contributed by atoms with Crippen LogP contribution >= 0.6 is 0 Å². The third-order valence-electron chi connectivity index (χ3n) is 7.23. The van der Waals surface area contributed by atoms with Gasteiger partial charge in [-0.2, -0.15) is 5.26 Å². The van der Waals surface area contributed by atoms with Crippen LogP contribution in [-0.2, 0) is 27.2 Å². The normalized spacial score (nSPS) is 18.6. The monoisotopic (exact) mass is 531 g/mol. The number of anilines is 3. The number of aromatic nitrogens is 2. The van der Waals surface area contributed by atoms with Crippen molar-refractivity contribution in [3.05, 3.63) is 46.6 Å². The number of ether oxygens (including phenoxy) is 2. The van der Waals surface area contributed by atoms with Gasteiger partial charge in [0.25, 0.3) is 5.88 Å². The zero-order valence-corrected chi connectivity index (χ0v) is 21.7. The number of aldehydes is 1. The minimum absolute atomic E-state index is 0.0825. The first-order valence-electron chi connectivity index (χ1n) is 12.9. The molecule has 0 aliphatic carbocycles. The first-order chi connectivity index (χ1) is 19.0. The van der Waals surface area contributed by atoms with Gasteiger partial charge in [-0.15, -0.1) is 0 Å². The van der Waals surface area contributed by atoms with Gasteiger partial charge in [0, 0.05) is 57.7 Å². The highest BCUT2D eigenvalue weighted by Gasteiger charge is 2.29. The molecule has 12 nitrogen and oxygen atoms in total. The van der Waals surface area contributed by atoms with Gasteiger partial charge in [-0.3, -0.25) is 15.0 Å². The number of hydrogen-bond donors (Lipinski definition) is 1. The van der Waals surface area contributed by atoms with Crippen molar-refractivity contribution in [3.63, 3.8) is 0 Å². The summed E-state index contributed by atoms with van der Waals surface area (Å²) in [7, 11) is 1.67. The van der Waals surface area contributed by atoms with E-state index in [0.717, 1.165) is 24.9 Å². The molecule has 3 aliphatic rings. The molecule has 5 rings (SSSR count). The number of carbonyl (C=O) groups is 2. The van der Waals surface area contributed by atoms with Crippen LogP contribution < -0.4 is 15.1 Å². The highest BCUT2D eigenvalue weighted by Crippen LogP contribution is 2.30. The van der Waals surface area contributed by atoms with E-state index in [2.05, 4.69) is 26.3 Å². The number of carbonyl (C=O) groups excluding carboxylic acids is 3. The van der Waals surface area contributed by atoms with Gasteiger partial charge in [0.15, 0.2) is 12.2 Å². The van der Waals surface area contributed by atoms with E-state index < -0.39 is 6.03 Å². The number of amides is 2. The van der Waals surface area contributed by atoms with E-state index >= 15 is 0 Å². The number of nitrogens with zero attached hydrogens (tertiary/aromatic N) is 6. The van der Waals surface area contributed by atoms with Crippen molar-refractivity contribution in [1.82, 2.24) is 14.9 Å². The Labute approximate surface area is 225 Å². The maximum Gasteiger partial charge on any atom is 0.328 e. The van der Waals surface area contributed by atoms with E-state index in [1.165, 1.54) is 11.1 Å². The summed E-state index contributed by atoms with van der Waals surface area (Å²) in [6, 6.07) is 5.32. The van der Waals surface area contributed by atoms with E-state index in [1.807, 2.05) is 12.0 Å². The van der Waals surface area contributed by atoms with Crippen LogP contribution in [0.5, 0.6) is 0 Å². The van der Waals surface area contributed by atoms with Crippen LogP contribution in [0.2, 0.25) is 0 Å². The van der Waals surface area contributed by atoms with Gasteiger partial charge in [0.05, 0.1) is 24.0 Å². The number of fused-ring (bicyclic) bond motifs is 1. The minimum Gasteiger partial charge on any atom is -0.471 e. The van der Waals surface area contributed by atoms with Crippen LogP contribution in [0.3, 0.4) is 0 Å². The molecule has 1 atom stereocenters. The number of urea groups is 1. The molecule has 39 heavy (non-hydrogen) atoms. The molecule has 0 radical (unpaired) electrons. The number of hydrogen-bond acceptors (Lipinski definition) is 10. The van der Waals surface area contributed by atoms with E-state index in [-0.39, 0.29) is 24.2 Å². The van der Waals surface area contributed by atoms with E-state index in [1.54, 1.807) is 18.1 Å². The smallest absolute Gasteiger partial charge is 0.328 e. The summed E-state index contributed by atoms with van der Waals surface area (Å²) >= 11 is 0. The van der Waals surface area contributed by atoms with Gasteiger partial charge >= 0.3 is 6.03 Å². The summed E-state index contributed by atoms with van der Waals surface area (Å²) in [5, 5.41) is 12.4. The average molecular weight is 532 g/mol. The lowest BCUT2D eigenvalue weighted by Crippen LogP contribution is -2.40. The first kappa shape index (κ1) is 26.2. The van der Waals surface area contributed by atoms with Gasteiger partial charge in [-0.1, -0.05) is 0 Å². The van der Waals surface area contributed by atoms with Crippen LogP contribution in [0, 0.1) is 11.3 Å².